The van der Waals surface area contributed by atoms with Crippen LogP contribution >= 0.6 is 0 Å². The van der Waals surface area contributed by atoms with Gasteiger partial charge in [-0.3, -0.25) is 14.4 Å². The number of ether oxygens (including phenoxy) is 3. The third-order valence-electron chi connectivity index (χ3n) is 11.9. The van der Waals surface area contributed by atoms with Crippen LogP contribution in [0.3, 0.4) is 0 Å². The summed E-state index contributed by atoms with van der Waals surface area (Å²) in [6, 6.07) is 0. The predicted octanol–water partition coefficient (Wildman–Crippen LogP) is 18.8. The molecule has 0 aliphatic rings. The molecule has 0 N–H and O–H groups in total. The monoisotopic (exact) mass is 933 g/mol. The Morgan fingerprint density at radius 3 is 0.910 bits per heavy atom. The standard InChI is InChI=1S/C61H104O6/c1-4-7-10-13-15-17-19-21-23-24-25-26-27-28-29-30-31-32-33-34-35-36-38-39-41-43-45-48-51-54-60(63)66-57-58(56-65-59(62)53-50-47-12-9-6-3)67-61(64)55-52-49-46-44-42-40-37-22-20-18-16-14-11-8-5-2/h7-8,10-11,15-18,21-23,25-26,37,58H,4-6,9,12-14,19-20,24,27-36,38-57H2,1-3H3/b10-7-,11-8-,17-15-,18-16-,23-21-,26-25-,37-22-. The summed E-state index contributed by atoms with van der Waals surface area (Å²) < 4.78 is 16.7. The van der Waals surface area contributed by atoms with Crippen molar-refractivity contribution < 1.29 is 28.6 Å². The van der Waals surface area contributed by atoms with Crippen molar-refractivity contribution in [1.82, 2.24) is 0 Å². The summed E-state index contributed by atoms with van der Waals surface area (Å²) in [5.74, 6) is -0.910. The molecule has 1 unspecified atom stereocenters. The van der Waals surface area contributed by atoms with Crippen LogP contribution in [0.15, 0.2) is 85.1 Å². The van der Waals surface area contributed by atoms with Gasteiger partial charge in [-0.15, -0.1) is 0 Å². The van der Waals surface area contributed by atoms with Gasteiger partial charge in [-0.2, -0.15) is 0 Å². The molecule has 6 heteroatoms. The van der Waals surface area contributed by atoms with E-state index in [1.807, 2.05) is 0 Å². The molecule has 0 fully saturated rings. The molecule has 384 valence electrons. The van der Waals surface area contributed by atoms with Gasteiger partial charge in [0.05, 0.1) is 0 Å². The van der Waals surface area contributed by atoms with Crippen molar-refractivity contribution in [3.63, 3.8) is 0 Å². The molecule has 0 aromatic rings. The Morgan fingerprint density at radius 1 is 0.313 bits per heavy atom. The molecule has 0 aromatic heterocycles. The fraction of sp³-hybridized carbons (Fsp3) is 0.721. The van der Waals surface area contributed by atoms with E-state index in [4.69, 9.17) is 14.2 Å². The molecule has 6 nitrogen and oxygen atoms in total. The summed E-state index contributed by atoms with van der Waals surface area (Å²) in [6.07, 6.45) is 72.0. The normalized spacial score (nSPS) is 12.7. The van der Waals surface area contributed by atoms with E-state index >= 15 is 0 Å². The third kappa shape index (κ3) is 53.4. The van der Waals surface area contributed by atoms with Crippen LogP contribution in [-0.4, -0.2) is 37.2 Å². The maximum absolute atomic E-state index is 12.7. The van der Waals surface area contributed by atoms with E-state index in [9.17, 15) is 14.4 Å². The molecule has 0 radical (unpaired) electrons. The number of hydrogen-bond acceptors (Lipinski definition) is 6. The van der Waals surface area contributed by atoms with Crippen LogP contribution < -0.4 is 0 Å². The van der Waals surface area contributed by atoms with E-state index in [1.165, 1.54) is 96.3 Å². The maximum atomic E-state index is 12.7. The van der Waals surface area contributed by atoms with Crippen LogP contribution in [0.2, 0.25) is 0 Å². The molecule has 0 bridgehead atoms. The average Bonchev–Trinajstić information content (AvgIpc) is 3.33. The lowest BCUT2D eigenvalue weighted by Gasteiger charge is -2.18. The molecule has 1 atom stereocenters. The van der Waals surface area contributed by atoms with Crippen molar-refractivity contribution in [2.24, 2.45) is 0 Å². The molecule has 0 aliphatic heterocycles. The number of carbonyl (C=O) groups is 3. The summed E-state index contributed by atoms with van der Waals surface area (Å²) in [5.41, 5.74) is 0. The molecule has 0 aromatic carbocycles. The quantitative estimate of drug-likeness (QED) is 0.0262. The minimum Gasteiger partial charge on any atom is -0.462 e. The van der Waals surface area contributed by atoms with Gasteiger partial charge >= 0.3 is 17.9 Å². The molecule has 0 spiro atoms. The zero-order valence-electron chi connectivity index (χ0n) is 43.9. The largest absolute Gasteiger partial charge is 0.462 e. The van der Waals surface area contributed by atoms with Gasteiger partial charge in [0.25, 0.3) is 0 Å². The number of esters is 3. The molecule has 0 saturated heterocycles. The highest BCUT2D eigenvalue weighted by atomic mass is 16.6. The maximum Gasteiger partial charge on any atom is 0.306 e. The second-order valence-corrected chi connectivity index (χ2v) is 18.4. The van der Waals surface area contributed by atoms with Crippen molar-refractivity contribution in [1.29, 1.82) is 0 Å². The van der Waals surface area contributed by atoms with Gasteiger partial charge in [-0.05, 0) is 89.9 Å². The SMILES string of the molecule is CC/C=C\C/C=C\C/C=C\C/C=C\CCCCCCCCCCCCCCCCCCC(=O)OCC(COC(=O)CCCCCCC)OC(=O)CCCCCCC/C=C\C/C=C\C/C=C\CC. The Labute approximate surface area is 414 Å². The average molecular weight is 933 g/mol. The van der Waals surface area contributed by atoms with Gasteiger partial charge in [0.15, 0.2) is 6.10 Å². The van der Waals surface area contributed by atoms with Gasteiger partial charge in [-0.25, -0.2) is 0 Å². The minimum absolute atomic E-state index is 0.0820. The first-order chi connectivity index (χ1) is 33.0. The van der Waals surface area contributed by atoms with Crippen molar-refractivity contribution >= 4 is 17.9 Å². The topological polar surface area (TPSA) is 78.9 Å². The Hall–Kier alpha value is -3.41. The fourth-order valence-corrected chi connectivity index (χ4v) is 7.74. The van der Waals surface area contributed by atoms with Crippen molar-refractivity contribution in [3.05, 3.63) is 85.1 Å². The lowest BCUT2D eigenvalue weighted by molar-refractivity contribution is -0.167. The Morgan fingerprint density at radius 2 is 0.582 bits per heavy atom. The van der Waals surface area contributed by atoms with Crippen LogP contribution in [0.5, 0.6) is 0 Å². The first-order valence-corrected chi connectivity index (χ1v) is 28.1. The van der Waals surface area contributed by atoms with E-state index in [0.717, 1.165) is 128 Å². The summed E-state index contributed by atoms with van der Waals surface area (Å²) in [5, 5.41) is 0. The fourth-order valence-electron chi connectivity index (χ4n) is 7.74. The zero-order valence-corrected chi connectivity index (χ0v) is 43.9. The molecule has 0 aliphatic carbocycles. The van der Waals surface area contributed by atoms with E-state index < -0.39 is 6.10 Å². The predicted molar refractivity (Wildman–Crippen MR) is 288 cm³/mol. The Balaban J connectivity index is 4.01. The highest BCUT2D eigenvalue weighted by molar-refractivity contribution is 5.71. The first kappa shape index (κ1) is 63.6. The molecule has 0 saturated carbocycles. The smallest absolute Gasteiger partial charge is 0.306 e. The van der Waals surface area contributed by atoms with Gasteiger partial charge in [0.1, 0.15) is 13.2 Å². The second-order valence-electron chi connectivity index (χ2n) is 18.4. The van der Waals surface area contributed by atoms with Gasteiger partial charge in [0.2, 0.25) is 0 Å². The highest BCUT2D eigenvalue weighted by Gasteiger charge is 2.19. The van der Waals surface area contributed by atoms with E-state index in [0.29, 0.717) is 19.3 Å². The van der Waals surface area contributed by atoms with Gasteiger partial charge in [-0.1, -0.05) is 241 Å². The molecule has 0 heterocycles. The summed E-state index contributed by atoms with van der Waals surface area (Å²) in [6.45, 7) is 6.32. The molecular weight excluding hydrogens is 829 g/mol. The summed E-state index contributed by atoms with van der Waals surface area (Å²) >= 11 is 0. The number of allylic oxidation sites excluding steroid dienone is 14. The van der Waals surface area contributed by atoms with Crippen LogP contribution in [0.25, 0.3) is 0 Å². The van der Waals surface area contributed by atoms with Crippen molar-refractivity contribution in [2.75, 3.05) is 13.2 Å². The Kier molecular flexibility index (Phi) is 52.4. The zero-order chi connectivity index (χ0) is 48.6. The molecular formula is C61H104O6. The lowest BCUT2D eigenvalue weighted by atomic mass is 10.0. The van der Waals surface area contributed by atoms with Crippen molar-refractivity contribution in [3.8, 4) is 0 Å². The minimum atomic E-state index is -0.780. The van der Waals surface area contributed by atoms with Crippen LogP contribution in [0.4, 0.5) is 0 Å². The highest BCUT2D eigenvalue weighted by Crippen LogP contribution is 2.16. The number of rotatable bonds is 50. The molecule has 0 rings (SSSR count). The number of hydrogen-bond donors (Lipinski definition) is 0. The summed E-state index contributed by atoms with van der Waals surface area (Å²) in [4.78, 5) is 37.7. The third-order valence-corrected chi connectivity index (χ3v) is 11.9. The molecule has 67 heavy (non-hydrogen) atoms. The van der Waals surface area contributed by atoms with Crippen LogP contribution in [0.1, 0.15) is 265 Å². The number of unbranched alkanes of at least 4 members (excludes halogenated alkanes) is 25. The van der Waals surface area contributed by atoms with Crippen LogP contribution in [0, 0.1) is 0 Å². The second kappa shape index (κ2) is 55.2. The van der Waals surface area contributed by atoms with Crippen molar-refractivity contribution in [2.45, 2.75) is 271 Å². The van der Waals surface area contributed by atoms with Gasteiger partial charge in [0, 0.05) is 19.3 Å². The lowest BCUT2D eigenvalue weighted by Crippen LogP contribution is -2.30. The first-order valence-electron chi connectivity index (χ1n) is 28.1. The van der Waals surface area contributed by atoms with Crippen LogP contribution in [-0.2, 0) is 28.6 Å². The number of carbonyl (C=O) groups excluding carboxylic acids is 3. The van der Waals surface area contributed by atoms with Gasteiger partial charge < -0.3 is 14.2 Å². The molecule has 0 amide bonds. The van der Waals surface area contributed by atoms with E-state index in [2.05, 4.69) is 106 Å². The van der Waals surface area contributed by atoms with E-state index in [1.54, 1.807) is 0 Å². The summed E-state index contributed by atoms with van der Waals surface area (Å²) in [7, 11) is 0. The Bertz CT molecular complexity index is 1300. The van der Waals surface area contributed by atoms with E-state index in [-0.39, 0.29) is 31.1 Å².